The molecule has 0 saturated heterocycles. The van der Waals surface area contributed by atoms with Crippen LogP contribution in [-0.2, 0) is 19.1 Å². The van der Waals surface area contributed by atoms with Crippen molar-refractivity contribution in [2.24, 2.45) is 17.6 Å². The van der Waals surface area contributed by atoms with E-state index in [0.29, 0.717) is 0 Å². The Morgan fingerprint density at radius 2 is 1.73 bits per heavy atom. The third-order valence-electron chi connectivity index (χ3n) is 1.96. The fraction of sp³-hybridized carbons (Fsp3) is 0.800. The van der Waals surface area contributed by atoms with Gasteiger partial charge in [-0.25, -0.2) is 0 Å². The van der Waals surface area contributed by atoms with E-state index in [4.69, 9.17) is 10.5 Å². The quantitative estimate of drug-likeness (QED) is 0.402. The minimum Gasteiger partial charge on any atom is -0.427 e. The van der Waals surface area contributed by atoms with Crippen molar-refractivity contribution >= 4 is 12.4 Å². The Bertz CT molecular complexity index is 215. The summed E-state index contributed by atoms with van der Waals surface area (Å²) in [7, 11) is 0. The monoisotopic (exact) mass is 217 g/mol. The highest BCUT2D eigenvalue weighted by Crippen LogP contribution is 2.10. The van der Waals surface area contributed by atoms with E-state index < -0.39 is 18.3 Å². The van der Waals surface area contributed by atoms with Gasteiger partial charge in [-0.15, -0.1) is 0 Å². The summed E-state index contributed by atoms with van der Waals surface area (Å²) in [5, 5.41) is 0. The zero-order chi connectivity index (χ0) is 12.0. The van der Waals surface area contributed by atoms with Gasteiger partial charge < -0.3 is 15.2 Å². The molecule has 0 aromatic carbocycles. The van der Waals surface area contributed by atoms with Crippen LogP contribution >= 0.6 is 0 Å². The lowest BCUT2D eigenvalue weighted by Gasteiger charge is -2.22. The standard InChI is InChI=1S/C10H19NO4/c1-6(2)8(11)9(13)15-10(7(3)4)14-5-12/h5-8,10H,11H2,1-4H3/t8-,10-/m0/s1. The molecule has 0 rings (SSSR count). The van der Waals surface area contributed by atoms with Crippen molar-refractivity contribution in [2.45, 2.75) is 40.0 Å². The Hall–Kier alpha value is -1.10. The maximum atomic E-state index is 11.4. The Morgan fingerprint density at radius 3 is 2.07 bits per heavy atom. The normalized spacial score (nSPS) is 14.9. The molecule has 0 radical (unpaired) electrons. The average Bonchev–Trinajstić information content (AvgIpc) is 2.15. The summed E-state index contributed by atoms with van der Waals surface area (Å²) in [6.07, 6.45) is -0.861. The van der Waals surface area contributed by atoms with Gasteiger partial charge in [0.15, 0.2) is 0 Å². The molecule has 5 nitrogen and oxygen atoms in total. The molecule has 0 fully saturated rings. The number of ether oxygens (including phenoxy) is 2. The van der Waals surface area contributed by atoms with Gasteiger partial charge >= 0.3 is 5.97 Å². The molecule has 2 N–H and O–H groups in total. The van der Waals surface area contributed by atoms with E-state index in [9.17, 15) is 9.59 Å². The third-order valence-corrected chi connectivity index (χ3v) is 1.96. The summed E-state index contributed by atoms with van der Waals surface area (Å²) in [5.41, 5.74) is 5.59. The molecule has 0 bridgehead atoms. The molecule has 0 heterocycles. The Kier molecular flexibility index (Phi) is 5.93. The highest BCUT2D eigenvalue weighted by atomic mass is 16.7. The van der Waals surface area contributed by atoms with Crippen LogP contribution in [0.25, 0.3) is 0 Å². The summed E-state index contributed by atoms with van der Waals surface area (Å²) in [6.45, 7) is 7.46. The van der Waals surface area contributed by atoms with Crippen LogP contribution in [0.5, 0.6) is 0 Å². The molecule has 0 amide bonds. The van der Waals surface area contributed by atoms with E-state index in [1.807, 2.05) is 13.8 Å². The van der Waals surface area contributed by atoms with Crippen molar-refractivity contribution in [3.8, 4) is 0 Å². The minimum atomic E-state index is -0.861. The highest BCUT2D eigenvalue weighted by molar-refractivity contribution is 5.75. The molecule has 0 aromatic heterocycles. The van der Waals surface area contributed by atoms with Gasteiger partial charge in [-0.3, -0.25) is 9.59 Å². The SMILES string of the molecule is CC(C)[C@@H](OC=O)OC(=O)[C@@H](N)C(C)C. The molecule has 0 aliphatic heterocycles. The number of esters is 1. The van der Waals surface area contributed by atoms with E-state index in [1.165, 1.54) is 0 Å². The zero-order valence-electron chi connectivity index (χ0n) is 9.60. The van der Waals surface area contributed by atoms with E-state index in [2.05, 4.69) is 4.74 Å². The van der Waals surface area contributed by atoms with Crippen LogP contribution in [0.2, 0.25) is 0 Å². The molecule has 0 saturated carbocycles. The van der Waals surface area contributed by atoms with E-state index in [0.717, 1.165) is 0 Å². The van der Waals surface area contributed by atoms with Crippen LogP contribution in [0, 0.1) is 11.8 Å². The molecule has 0 aliphatic rings. The van der Waals surface area contributed by atoms with Crippen LogP contribution < -0.4 is 5.73 Å². The summed E-state index contributed by atoms with van der Waals surface area (Å²) in [6, 6.07) is -0.693. The molecule has 0 aliphatic carbocycles. The van der Waals surface area contributed by atoms with Crippen molar-refractivity contribution in [1.29, 1.82) is 0 Å². The number of carbonyl (C=O) groups excluding carboxylic acids is 2. The Morgan fingerprint density at radius 1 is 1.20 bits per heavy atom. The third kappa shape index (κ3) is 4.78. The second-order valence-corrected chi connectivity index (χ2v) is 4.05. The lowest BCUT2D eigenvalue weighted by molar-refractivity contribution is -0.189. The molecule has 0 aromatic rings. The highest BCUT2D eigenvalue weighted by Gasteiger charge is 2.25. The molecule has 5 heteroatoms. The van der Waals surface area contributed by atoms with Crippen LogP contribution in [0.15, 0.2) is 0 Å². The maximum Gasteiger partial charge on any atom is 0.326 e. The van der Waals surface area contributed by atoms with E-state index >= 15 is 0 Å². The van der Waals surface area contributed by atoms with E-state index in [-0.39, 0.29) is 18.3 Å². The van der Waals surface area contributed by atoms with Gasteiger partial charge in [0.05, 0.1) is 0 Å². The second kappa shape index (κ2) is 6.40. The largest absolute Gasteiger partial charge is 0.427 e. The molecular weight excluding hydrogens is 198 g/mol. The smallest absolute Gasteiger partial charge is 0.326 e. The number of carbonyl (C=O) groups is 2. The van der Waals surface area contributed by atoms with Crippen LogP contribution in [0.4, 0.5) is 0 Å². The lowest BCUT2D eigenvalue weighted by atomic mass is 10.1. The van der Waals surface area contributed by atoms with Crippen LogP contribution in [0.1, 0.15) is 27.7 Å². The molecule has 88 valence electrons. The van der Waals surface area contributed by atoms with Crippen molar-refractivity contribution in [1.82, 2.24) is 0 Å². The first-order valence-electron chi connectivity index (χ1n) is 4.95. The molecule has 0 spiro atoms. The van der Waals surface area contributed by atoms with Gasteiger partial charge in [0, 0.05) is 5.92 Å². The molecule has 2 atom stereocenters. The summed E-state index contributed by atoms with van der Waals surface area (Å²) >= 11 is 0. The summed E-state index contributed by atoms with van der Waals surface area (Å²) < 4.78 is 9.58. The Labute approximate surface area is 89.9 Å². The van der Waals surface area contributed by atoms with Crippen molar-refractivity contribution in [2.75, 3.05) is 0 Å². The number of nitrogens with two attached hydrogens (primary N) is 1. The number of hydrogen-bond donors (Lipinski definition) is 1. The molecule has 15 heavy (non-hydrogen) atoms. The predicted octanol–water partition coefficient (Wildman–Crippen LogP) is 0.668. The first-order valence-corrected chi connectivity index (χ1v) is 4.95. The predicted molar refractivity (Wildman–Crippen MR) is 54.7 cm³/mol. The van der Waals surface area contributed by atoms with E-state index in [1.54, 1.807) is 13.8 Å². The van der Waals surface area contributed by atoms with Gasteiger partial charge in [0.25, 0.3) is 6.47 Å². The maximum absolute atomic E-state index is 11.4. The minimum absolute atomic E-state index is 0.0125. The molecule has 0 unspecified atom stereocenters. The van der Waals surface area contributed by atoms with Gasteiger partial charge in [-0.2, -0.15) is 0 Å². The summed E-state index contributed by atoms with van der Waals surface area (Å²) in [5.74, 6) is -0.661. The zero-order valence-corrected chi connectivity index (χ0v) is 9.60. The van der Waals surface area contributed by atoms with Gasteiger partial charge in [0.2, 0.25) is 6.29 Å². The van der Waals surface area contributed by atoms with Crippen LogP contribution in [0.3, 0.4) is 0 Å². The van der Waals surface area contributed by atoms with Gasteiger partial charge in [-0.1, -0.05) is 27.7 Å². The fourth-order valence-corrected chi connectivity index (χ4v) is 0.841. The average molecular weight is 217 g/mol. The fourth-order valence-electron chi connectivity index (χ4n) is 0.841. The lowest BCUT2D eigenvalue weighted by Crippen LogP contribution is -2.40. The van der Waals surface area contributed by atoms with Crippen molar-refractivity contribution < 1.29 is 19.1 Å². The van der Waals surface area contributed by atoms with Crippen molar-refractivity contribution in [3.05, 3.63) is 0 Å². The topological polar surface area (TPSA) is 78.6 Å². The van der Waals surface area contributed by atoms with Crippen LogP contribution in [-0.4, -0.2) is 24.8 Å². The summed E-state index contributed by atoms with van der Waals surface area (Å²) in [4.78, 5) is 21.6. The van der Waals surface area contributed by atoms with Gasteiger partial charge in [-0.05, 0) is 5.92 Å². The Balaban J connectivity index is 4.28. The van der Waals surface area contributed by atoms with Gasteiger partial charge in [0.1, 0.15) is 6.04 Å². The number of hydrogen-bond acceptors (Lipinski definition) is 5. The first kappa shape index (κ1) is 13.9. The molecular formula is C10H19NO4. The number of rotatable bonds is 6. The second-order valence-electron chi connectivity index (χ2n) is 4.05. The van der Waals surface area contributed by atoms with Crippen molar-refractivity contribution in [3.63, 3.8) is 0 Å². The first-order chi connectivity index (χ1) is 6.90.